The fourth-order valence-corrected chi connectivity index (χ4v) is 5.18. The van der Waals surface area contributed by atoms with Gasteiger partial charge in [-0.05, 0) is 61.7 Å². The van der Waals surface area contributed by atoms with E-state index < -0.39 is 0 Å². The van der Waals surface area contributed by atoms with Gasteiger partial charge in [-0.25, -0.2) is 0 Å². The van der Waals surface area contributed by atoms with Crippen LogP contribution in [0.25, 0.3) is 0 Å². The Hall–Kier alpha value is -0.570. The molecule has 0 saturated heterocycles. The van der Waals surface area contributed by atoms with Crippen molar-refractivity contribution >= 4 is 5.97 Å². The summed E-state index contributed by atoms with van der Waals surface area (Å²) in [4.78, 5) is 12.2. The molecule has 0 aliphatic heterocycles. The molecule has 0 heterocycles. The Morgan fingerprint density at radius 2 is 2.11 bits per heavy atom. The van der Waals surface area contributed by atoms with Crippen LogP contribution in [0.15, 0.2) is 0 Å². The molecule has 0 aromatic heterocycles. The third-order valence-electron chi connectivity index (χ3n) is 5.93. The predicted molar refractivity (Wildman–Crippen MR) is 72.4 cm³/mol. The van der Waals surface area contributed by atoms with E-state index in [0.29, 0.717) is 42.8 Å². The van der Waals surface area contributed by atoms with Gasteiger partial charge >= 0.3 is 5.97 Å². The Balaban J connectivity index is 1.60. The van der Waals surface area contributed by atoms with Crippen molar-refractivity contribution in [2.45, 2.75) is 45.4 Å². The second-order valence-electron chi connectivity index (χ2n) is 6.78. The Morgan fingerprint density at radius 3 is 2.84 bits per heavy atom. The van der Waals surface area contributed by atoms with Crippen molar-refractivity contribution in [1.82, 2.24) is 0 Å². The second-order valence-corrected chi connectivity index (χ2v) is 6.78. The first-order valence-corrected chi connectivity index (χ1v) is 8.03. The molecule has 3 fully saturated rings. The third kappa shape index (κ3) is 2.20. The lowest BCUT2D eigenvalue weighted by molar-refractivity contribution is -0.151. The number of fused-ring (bicyclic) bond motifs is 5. The van der Waals surface area contributed by atoms with Crippen LogP contribution in [-0.4, -0.2) is 24.3 Å². The van der Waals surface area contributed by atoms with Crippen molar-refractivity contribution in [1.29, 1.82) is 0 Å². The smallest absolute Gasteiger partial charge is 0.309 e. The molecule has 108 valence electrons. The Bertz CT molecular complexity index is 341. The van der Waals surface area contributed by atoms with Gasteiger partial charge in [0.2, 0.25) is 0 Å². The fourth-order valence-electron chi connectivity index (χ4n) is 5.18. The molecule has 6 unspecified atom stereocenters. The number of carbonyl (C=O) groups excluding carboxylic acids is 1. The molecular weight excluding hydrogens is 240 g/mol. The van der Waals surface area contributed by atoms with Crippen LogP contribution in [0, 0.1) is 35.5 Å². The molecule has 3 aliphatic carbocycles. The minimum atomic E-state index is 0.0619. The van der Waals surface area contributed by atoms with Gasteiger partial charge in [-0.2, -0.15) is 0 Å². The lowest BCUT2D eigenvalue weighted by Crippen LogP contribution is -2.33. The van der Waals surface area contributed by atoms with Gasteiger partial charge in [0.25, 0.3) is 0 Å². The molecule has 1 N–H and O–H groups in total. The molecule has 0 aromatic rings. The topological polar surface area (TPSA) is 46.5 Å². The van der Waals surface area contributed by atoms with E-state index in [2.05, 4.69) is 6.92 Å². The Kier molecular flexibility index (Phi) is 3.84. The monoisotopic (exact) mass is 266 g/mol. The van der Waals surface area contributed by atoms with E-state index in [4.69, 9.17) is 4.74 Å². The van der Waals surface area contributed by atoms with E-state index in [1.807, 2.05) is 0 Å². The summed E-state index contributed by atoms with van der Waals surface area (Å²) < 4.78 is 5.43. The van der Waals surface area contributed by atoms with E-state index in [9.17, 15) is 9.90 Å². The minimum Gasteiger partial charge on any atom is -0.465 e. The molecule has 3 saturated carbocycles. The molecule has 3 nitrogen and oxygen atoms in total. The van der Waals surface area contributed by atoms with Crippen LogP contribution in [0.2, 0.25) is 0 Å². The normalized spacial score (nSPS) is 43.5. The first-order valence-electron chi connectivity index (χ1n) is 8.03. The van der Waals surface area contributed by atoms with Gasteiger partial charge < -0.3 is 9.84 Å². The molecular formula is C16H26O3. The van der Waals surface area contributed by atoms with Gasteiger partial charge in [0, 0.05) is 6.61 Å². The molecule has 0 radical (unpaired) electrons. The standard InChI is InChI=1S/C16H26O3/c1-2-3-6-19-16(18)14-8-11-7-13(14)12-5-4-10(9-17)15(11)12/h10-15,17H,2-9H2,1H3. The zero-order valence-electron chi connectivity index (χ0n) is 11.9. The number of aliphatic hydroxyl groups excluding tert-OH is 1. The number of esters is 1. The highest BCUT2D eigenvalue weighted by atomic mass is 16.5. The fraction of sp³-hybridized carbons (Fsp3) is 0.938. The zero-order valence-corrected chi connectivity index (χ0v) is 11.9. The van der Waals surface area contributed by atoms with Gasteiger partial charge in [-0.15, -0.1) is 0 Å². The molecule has 0 amide bonds. The molecule has 2 bridgehead atoms. The lowest BCUT2D eigenvalue weighted by atomic mass is 9.73. The van der Waals surface area contributed by atoms with Gasteiger partial charge in [0.1, 0.15) is 0 Å². The number of unbranched alkanes of at least 4 members (excludes halogenated alkanes) is 1. The van der Waals surface area contributed by atoms with Crippen LogP contribution in [0.4, 0.5) is 0 Å². The van der Waals surface area contributed by atoms with Gasteiger partial charge in [0.05, 0.1) is 12.5 Å². The molecule has 19 heavy (non-hydrogen) atoms. The van der Waals surface area contributed by atoms with Crippen molar-refractivity contribution in [2.75, 3.05) is 13.2 Å². The minimum absolute atomic E-state index is 0.0619. The van der Waals surface area contributed by atoms with Crippen molar-refractivity contribution in [3.8, 4) is 0 Å². The first-order chi connectivity index (χ1) is 9.26. The quantitative estimate of drug-likeness (QED) is 0.614. The SMILES string of the molecule is CCCCOC(=O)C1CC2CC1C1CCC(CO)C21. The van der Waals surface area contributed by atoms with Crippen LogP contribution in [0.3, 0.4) is 0 Å². The maximum atomic E-state index is 12.2. The third-order valence-corrected chi connectivity index (χ3v) is 5.93. The van der Waals surface area contributed by atoms with E-state index >= 15 is 0 Å². The summed E-state index contributed by atoms with van der Waals surface area (Å²) in [6, 6.07) is 0. The van der Waals surface area contributed by atoms with E-state index in [-0.39, 0.29) is 11.9 Å². The second kappa shape index (κ2) is 5.43. The van der Waals surface area contributed by atoms with Crippen LogP contribution in [0.1, 0.15) is 45.4 Å². The van der Waals surface area contributed by atoms with E-state index in [1.54, 1.807) is 0 Å². The molecule has 0 aromatic carbocycles. The van der Waals surface area contributed by atoms with Crippen molar-refractivity contribution < 1.29 is 14.6 Å². The number of ether oxygens (including phenoxy) is 1. The van der Waals surface area contributed by atoms with Gasteiger partial charge in [-0.1, -0.05) is 13.3 Å². The summed E-state index contributed by atoms with van der Waals surface area (Å²) in [6.45, 7) is 3.05. The number of carbonyl (C=O) groups is 1. The summed E-state index contributed by atoms with van der Waals surface area (Å²) >= 11 is 0. The maximum Gasteiger partial charge on any atom is 0.309 e. The number of aliphatic hydroxyl groups is 1. The maximum absolute atomic E-state index is 12.2. The van der Waals surface area contributed by atoms with Crippen LogP contribution in [-0.2, 0) is 9.53 Å². The highest BCUT2D eigenvalue weighted by Gasteiger charge is 2.58. The average molecular weight is 266 g/mol. The molecule has 0 spiro atoms. The number of rotatable bonds is 5. The predicted octanol–water partition coefficient (Wildman–Crippen LogP) is 2.62. The van der Waals surface area contributed by atoms with Crippen molar-refractivity contribution in [3.63, 3.8) is 0 Å². The van der Waals surface area contributed by atoms with Gasteiger partial charge in [-0.3, -0.25) is 4.79 Å². The molecule has 6 atom stereocenters. The first kappa shape index (κ1) is 13.4. The summed E-state index contributed by atoms with van der Waals surface area (Å²) in [6.07, 6.45) is 6.66. The van der Waals surface area contributed by atoms with Crippen molar-refractivity contribution in [3.05, 3.63) is 0 Å². The average Bonchev–Trinajstić information content (AvgIpc) is 3.09. The molecule has 3 heteroatoms. The number of hydrogen-bond donors (Lipinski definition) is 1. The molecule has 3 aliphatic rings. The summed E-state index contributed by atoms with van der Waals surface area (Å²) in [5.41, 5.74) is 0. The highest BCUT2D eigenvalue weighted by Crippen LogP contribution is 2.62. The highest BCUT2D eigenvalue weighted by molar-refractivity contribution is 5.73. The lowest BCUT2D eigenvalue weighted by Gasteiger charge is -2.32. The summed E-state index contributed by atoms with van der Waals surface area (Å²) in [5.74, 6) is 3.37. The molecule has 3 rings (SSSR count). The van der Waals surface area contributed by atoms with Gasteiger partial charge in [0.15, 0.2) is 0 Å². The zero-order chi connectivity index (χ0) is 13.4. The Labute approximate surface area is 115 Å². The van der Waals surface area contributed by atoms with Crippen LogP contribution < -0.4 is 0 Å². The largest absolute Gasteiger partial charge is 0.465 e. The van der Waals surface area contributed by atoms with Crippen LogP contribution >= 0.6 is 0 Å². The van der Waals surface area contributed by atoms with E-state index in [1.165, 1.54) is 12.8 Å². The summed E-state index contributed by atoms with van der Waals surface area (Å²) in [7, 11) is 0. The summed E-state index contributed by atoms with van der Waals surface area (Å²) in [5, 5.41) is 9.47. The van der Waals surface area contributed by atoms with E-state index in [0.717, 1.165) is 25.7 Å². The Morgan fingerprint density at radius 1 is 1.26 bits per heavy atom. The number of hydrogen-bond acceptors (Lipinski definition) is 3. The van der Waals surface area contributed by atoms with Crippen molar-refractivity contribution in [2.24, 2.45) is 35.5 Å². The van der Waals surface area contributed by atoms with Crippen LogP contribution in [0.5, 0.6) is 0 Å².